The molecule has 3 heteroatoms. The number of benzene rings is 1. The van der Waals surface area contributed by atoms with Crippen LogP contribution in [0, 0.1) is 0 Å². The largest absolute Gasteiger partial charge is 0.443 e. The summed E-state index contributed by atoms with van der Waals surface area (Å²) in [5.74, 6) is 0.812. The van der Waals surface area contributed by atoms with Gasteiger partial charge in [-0.25, -0.2) is 4.98 Å². The Balaban J connectivity index is 2.37. The second-order valence-electron chi connectivity index (χ2n) is 3.54. The number of hydrogen-bond donors (Lipinski definition) is 0. The van der Waals surface area contributed by atoms with Gasteiger partial charge < -0.3 is 8.98 Å². The number of aryl methyl sites for hydroxylation is 1. The molecule has 0 saturated carbocycles. The Morgan fingerprint density at radius 3 is 2.93 bits per heavy atom. The van der Waals surface area contributed by atoms with Crippen molar-refractivity contribution in [3.63, 3.8) is 0 Å². The minimum Gasteiger partial charge on any atom is -0.443 e. The lowest BCUT2D eigenvalue weighted by molar-refractivity contribution is 0.572. The van der Waals surface area contributed by atoms with Crippen LogP contribution in [0.4, 0.5) is 0 Å². The first-order valence-corrected chi connectivity index (χ1v) is 4.79. The Morgan fingerprint density at radius 1 is 1.27 bits per heavy atom. The molecule has 0 radical (unpaired) electrons. The summed E-state index contributed by atoms with van der Waals surface area (Å²) in [4.78, 5) is 3.94. The molecule has 3 aromatic rings. The summed E-state index contributed by atoms with van der Waals surface area (Å²) in [6.07, 6.45) is 5.25. The fraction of sp³-hybridized carbons (Fsp3) is 0.0833. The van der Waals surface area contributed by atoms with Crippen LogP contribution in [0.1, 0.15) is 0 Å². The van der Waals surface area contributed by atoms with Crippen LogP contribution in [-0.2, 0) is 7.05 Å². The van der Waals surface area contributed by atoms with Crippen LogP contribution >= 0.6 is 0 Å². The lowest BCUT2D eigenvalue weighted by atomic mass is 10.1. The molecular weight excluding hydrogens is 188 g/mol. The first-order chi connectivity index (χ1) is 7.36. The Labute approximate surface area is 87.0 Å². The fourth-order valence-electron chi connectivity index (χ4n) is 1.89. The number of fused-ring (bicyclic) bond motifs is 1. The number of oxazole rings is 1. The van der Waals surface area contributed by atoms with E-state index in [0.29, 0.717) is 0 Å². The highest BCUT2D eigenvalue weighted by atomic mass is 16.3. The third-order valence-electron chi connectivity index (χ3n) is 2.59. The van der Waals surface area contributed by atoms with E-state index >= 15 is 0 Å². The number of rotatable bonds is 1. The minimum absolute atomic E-state index is 0.812. The van der Waals surface area contributed by atoms with E-state index in [2.05, 4.69) is 27.9 Å². The molecule has 3 nitrogen and oxygen atoms in total. The van der Waals surface area contributed by atoms with Crippen molar-refractivity contribution in [2.24, 2.45) is 7.05 Å². The maximum atomic E-state index is 5.32. The van der Waals surface area contributed by atoms with Crippen molar-refractivity contribution in [3.05, 3.63) is 43.1 Å². The quantitative estimate of drug-likeness (QED) is 0.602. The van der Waals surface area contributed by atoms with Crippen molar-refractivity contribution in [3.8, 4) is 11.3 Å². The van der Waals surface area contributed by atoms with Gasteiger partial charge in [0.2, 0.25) is 0 Å². The van der Waals surface area contributed by atoms with Gasteiger partial charge in [0.05, 0.1) is 6.20 Å². The number of para-hydroxylation sites is 1. The van der Waals surface area contributed by atoms with E-state index in [1.807, 2.05) is 19.2 Å². The standard InChI is InChI=1S/C12H10N2O/c1-14-7-10(12-6-13-8-15-12)9-4-2-3-5-11(9)14/h2-8H,1H3. The molecule has 3 rings (SSSR count). The minimum atomic E-state index is 0.812. The predicted octanol–water partition coefficient (Wildman–Crippen LogP) is 2.83. The molecule has 74 valence electrons. The Morgan fingerprint density at radius 2 is 2.13 bits per heavy atom. The molecular formula is C12H10N2O. The average molecular weight is 198 g/mol. The van der Waals surface area contributed by atoms with Gasteiger partial charge in [0, 0.05) is 29.7 Å². The maximum Gasteiger partial charge on any atom is 0.181 e. The number of hydrogen-bond acceptors (Lipinski definition) is 2. The predicted molar refractivity (Wildman–Crippen MR) is 58.4 cm³/mol. The smallest absolute Gasteiger partial charge is 0.181 e. The van der Waals surface area contributed by atoms with Crippen LogP contribution in [-0.4, -0.2) is 9.55 Å². The van der Waals surface area contributed by atoms with Crippen LogP contribution in [0.3, 0.4) is 0 Å². The molecule has 0 N–H and O–H groups in total. The molecule has 15 heavy (non-hydrogen) atoms. The van der Waals surface area contributed by atoms with Gasteiger partial charge in [-0.1, -0.05) is 18.2 Å². The molecule has 0 aliphatic carbocycles. The summed E-state index contributed by atoms with van der Waals surface area (Å²) in [7, 11) is 2.03. The van der Waals surface area contributed by atoms with Crippen LogP contribution in [0.2, 0.25) is 0 Å². The lowest BCUT2D eigenvalue weighted by Gasteiger charge is -1.93. The van der Waals surface area contributed by atoms with Gasteiger partial charge in [-0.15, -0.1) is 0 Å². The summed E-state index contributed by atoms with van der Waals surface area (Å²) in [5.41, 5.74) is 2.29. The van der Waals surface area contributed by atoms with Crippen LogP contribution in [0.25, 0.3) is 22.2 Å². The molecule has 0 atom stereocenters. The Kier molecular flexibility index (Phi) is 1.65. The molecule has 0 fully saturated rings. The van der Waals surface area contributed by atoms with E-state index in [4.69, 9.17) is 4.42 Å². The third-order valence-corrected chi connectivity index (χ3v) is 2.59. The van der Waals surface area contributed by atoms with Crippen molar-refractivity contribution < 1.29 is 4.42 Å². The zero-order chi connectivity index (χ0) is 10.3. The highest BCUT2D eigenvalue weighted by Gasteiger charge is 2.09. The third kappa shape index (κ3) is 1.16. The molecule has 2 heterocycles. The highest BCUT2D eigenvalue weighted by Crippen LogP contribution is 2.29. The summed E-state index contributed by atoms with van der Waals surface area (Å²) in [5, 5.41) is 1.19. The zero-order valence-corrected chi connectivity index (χ0v) is 8.34. The van der Waals surface area contributed by atoms with E-state index in [9.17, 15) is 0 Å². The van der Waals surface area contributed by atoms with Crippen molar-refractivity contribution >= 4 is 10.9 Å². The molecule has 0 saturated heterocycles. The Hall–Kier alpha value is -2.03. The maximum absolute atomic E-state index is 5.32. The highest BCUT2D eigenvalue weighted by molar-refractivity contribution is 5.94. The van der Waals surface area contributed by atoms with E-state index in [1.54, 1.807) is 6.20 Å². The van der Waals surface area contributed by atoms with Gasteiger partial charge in [-0.05, 0) is 6.07 Å². The van der Waals surface area contributed by atoms with Crippen molar-refractivity contribution in [1.29, 1.82) is 0 Å². The second kappa shape index (κ2) is 2.98. The van der Waals surface area contributed by atoms with E-state index in [1.165, 1.54) is 17.3 Å². The molecule has 0 bridgehead atoms. The number of aromatic nitrogens is 2. The summed E-state index contributed by atoms with van der Waals surface area (Å²) < 4.78 is 7.41. The second-order valence-corrected chi connectivity index (χ2v) is 3.54. The molecule has 0 aliphatic rings. The van der Waals surface area contributed by atoms with Gasteiger partial charge in [-0.2, -0.15) is 0 Å². The van der Waals surface area contributed by atoms with Gasteiger partial charge in [0.25, 0.3) is 0 Å². The average Bonchev–Trinajstić information content (AvgIpc) is 2.87. The monoisotopic (exact) mass is 198 g/mol. The Bertz CT molecular complexity index is 593. The van der Waals surface area contributed by atoms with Gasteiger partial charge >= 0.3 is 0 Å². The summed E-state index contributed by atoms with van der Waals surface area (Å²) in [6, 6.07) is 8.25. The molecule has 1 aromatic carbocycles. The molecule has 0 spiro atoms. The topological polar surface area (TPSA) is 31.0 Å². The van der Waals surface area contributed by atoms with E-state index in [0.717, 1.165) is 11.3 Å². The van der Waals surface area contributed by atoms with Gasteiger partial charge in [0.1, 0.15) is 0 Å². The van der Waals surface area contributed by atoms with Crippen LogP contribution in [0.15, 0.2) is 47.5 Å². The normalized spacial score (nSPS) is 11.0. The molecule has 0 unspecified atom stereocenters. The molecule has 2 aromatic heterocycles. The molecule has 0 amide bonds. The fourth-order valence-corrected chi connectivity index (χ4v) is 1.89. The van der Waals surface area contributed by atoms with Crippen molar-refractivity contribution in [1.82, 2.24) is 9.55 Å². The molecule has 0 aliphatic heterocycles. The first-order valence-electron chi connectivity index (χ1n) is 4.79. The van der Waals surface area contributed by atoms with Gasteiger partial charge in [0.15, 0.2) is 12.2 Å². The van der Waals surface area contributed by atoms with Crippen molar-refractivity contribution in [2.75, 3.05) is 0 Å². The van der Waals surface area contributed by atoms with E-state index < -0.39 is 0 Å². The number of nitrogens with zero attached hydrogens (tertiary/aromatic N) is 2. The SMILES string of the molecule is Cn1cc(-c2cnco2)c2ccccc21. The first kappa shape index (κ1) is 8.29. The summed E-state index contributed by atoms with van der Waals surface area (Å²) >= 11 is 0. The van der Waals surface area contributed by atoms with Gasteiger partial charge in [-0.3, -0.25) is 0 Å². The van der Waals surface area contributed by atoms with E-state index in [-0.39, 0.29) is 0 Å². The van der Waals surface area contributed by atoms with Crippen LogP contribution in [0.5, 0.6) is 0 Å². The lowest BCUT2D eigenvalue weighted by Crippen LogP contribution is -1.81. The summed E-state index contributed by atoms with van der Waals surface area (Å²) in [6.45, 7) is 0. The zero-order valence-electron chi connectivity index (χ0n) is 8.34. The van der Waals surface area contributed by atoms with Crippen molar-refractivity contribution in [2.45, 2.75) is 0 Å². The van der Waals surface area contributed by atoms with Crippen LogP contribution < -0.4 is 0 Å².